The molecule has 1 atom stereocenters. The average Bonchev–Trinajstić information content (AvgIpc) is 2.76. The molecular weight excluding hydrogens is 228 g/mol. The number of amides is 2. The zero-order valence-corrected chi connectivity index (χ0v) is 8.84. The van der Waals surface area contributed by atoms with E-state index < -0.39 is 23.8 Å². The first-order valence-electron chi connectivity index (χ1n) is 4.82. The van der Waals surface area contributed by atoms with Crippen LogP contribution in [0, 0.1) is 0 Å². The molecule has 8 nitrogen and oxygen atoms in total. The normalized spacial score (nSPS) is 11.8. The summed E-state index contributed by atoms with van der Waals surface area (Å²) >= 11 is 0. The molecule has 0 fully saturated rings. The maximum absolute atomic E-state index is 11.5. The van der Waals surface area contributed by atoms with Gasteiger partial charge in [-0.05, 0) is 12.5 Å². The summed E-state index contributed by atoms with van der Waals surface area (Å²) in [5, 5.41) is 17.1. The van der Waals surface area contributed by atoms with Crippen molar-refractivity contribution in [2.24, 2.45) is 5.73 Å². The monoisotopic (exact) mass is 240 g/mol. The van der Waals surface area contributed by atoms with Gasteiger partial charge in [-0.3, -0.25) is 14.7 Å². The van der Waals surface area contributed by atoms with Gasteiger partial charge in [0.25, 0.3) is 5.91 Å². The molecule has 0 aliphatic carbocycles. The number of aromatic amines is 1. The van der Waals surface area contributed by atoms with Crippen molar-refractivity contribution in [1.29, 1.82) is 0 Å². The molecule has 0 bridgehead atoms. The number of aromatic nitrogens is 2. The molecule has 1 aromatic rings. The minimum absolute atomic E-state index is 0.0510. The van der Waals surface area contributed by atoms with Crippen LogP contribution >= 0.6 is 0 Å². The number of hydrogen-bond acceptors (Lipinski definition) is 4. The fourth-order valence-corrected chi connectivity index (χ4v) is 1.16. The number of hydrogen-bond donors (Lipinski definition) is 4. The third kappa shape index (κ3) is 3.93. The molecule has 1 heterocycles. The van der Waals surface area contributed by atoms with Crippen LogP contribution < -0.4 is 11.1 Å². The third-order valence-corrected chi connectivity index (χ3v) is 2.03. The van der Waals surface area contributed by atoms with E-state index in [2.05, 4.69) is 15.5 Å². The van der Waals surface area contributed by atoms with E-state index in [0.29, 0.717) is 0 Å². The largest absolute Gasteiger partial charge is 0.480 e. The fourth-order valence-electron chi connectivity index (χ4n) is 1.16. The minimum Gasteiger partial charge on any atom is -0.480 e. The number of carboxylic acid groups (broad SMARTS) is 1. The molecule has 0 aliphatic heterocycles. The van der Waals surface area contributed by atoms with E-state index >= 15 is 0 Å². The number of nitrogens with zero attached hydrogens (tertiary/aromatic N) is 1. The predicted molar refractivity (Wildman–Crippen MR) is 55.9 cm³/mol. The topological polar surface area (TPSA) is 138 Å². The Balaban J connectivity index is 2.58. The lowest BCUT2D eigenvalue weighted by Crippen LogP contribution is -2.41. The van der Waals surface area contributed by atoms with Crippen molar-refractivity contribution in [1.82, 2.24) is 15.5 Å². The van der Waals surface area contributed by atoms with Gasteiger partial charge in [0, 0.05) is 12.6 Å². The lowest BCUT2D eigenvalue weighted by Gasteiger charge is -2.12. The van der Waals surface area contributed by atoms with Crippen LogP contribution in [0.2, 0.25) is 0 Å². The number of nitrogens with two attached hydrogens (primary N) is 1. The summed E-state index contributed by atoms with van der Waals surface area (Å²) in [6, 6.07) is 0.251. The number of nitrogens with one attached hydrogen (secondary N) is 2. The standard InChI is InChI=1S/C9H12N4O4/c10-7(14)2-1-6(9(16)17)12-8(15)5-3-4-11-13-5/h3-4,6H,1-2H2,(H2,10,14)(H,11,13)(H,12,15)(H,16,17)/t6-/m1/s1. The Hall–Kier alpha value is -2.38. The van der Waals surface area contributed by atoms with Crippen molar-refractivity contribution in [2.75, 3.05) is 0 Å². The molecular formula is C9H12N4O4. The van der Waals surface area contributed by atoms with E-state index in [1.54, 1.807) is 0 Å². The maximum atomic E-state index is 11.5. The highest BCUT2D eigenvalue weighted by Gasteiger charge is 2.21. The van der Waals surface area contributed by atoms with Gasteiger partial charge in [0.2, 0.25) is 5.91 Å². The second-order valence-corrected chi connectivity index (χ2v) is 3.34. The Kier molecular flexibility index (Phi) is 4.21. The average molecular weight is 240 g/mol. The predicted octanol–water partition coefficient (Wildman–Crippen LogP) is -1.14. The molecule has 0 aliphatic rings. The second kappa shape index (κ2) is 5.64. The molecule has 0 radical (unpaired) electrons. The Labute approximate surface area is 96.2 Å². The van der Waals surface area contributed by atoms with Crippen molar-refractivity contribution >= 4 is 17.8 Å². The molecule has 0 saturated heterocycles. The zero-order valence-electron chi connectivity index (χ0n) is 8.84. The summed E-state index contributed by atoms with van der Waals surface area (Å²) in [6.07, 6.45) is 1.21. The molecule has 5 N–H and O–H groups in total. The molecule has 0 aromatic carbocycles. The molecule has 17 heavy (non-hydrogen) atoms. The summed E-state index contributed by atoms with van der Waals surface area (Å²) in [7, 11) is 0. The van der Waals surface area contributed by atoms with E-state index in [4.69, 9.17) is 10.8 Å². The number of H-pyrrole nitrogens is 1. The van der Waals surface area contributed by atoms with E-state index in [1.807, 2.05) is 0 Å². The van der Waals surface area contributed by atoms with E-state index in [9.17, 15) is 14.4 Å². The Morgan fingerprint density at radius 3 is 2.71 bits per heavy atom. The number of carbonyl (C=O) groups excluding carboxylic acids is 2. The lowest BCUT2D eigenvalue weighted by molar-refractivity contribution is -0.139. The van der Waals surface area contributed by atoms with Gasteiger partial charge in [-0.2, -0.15) is 5.10 Å². The van der Waals surface area contributed by atoms with Gasteiger partial charge in [-0.15, -0.1) is 0 Å². The van der Waals surface area contributed by atoms with Crippen molar-refractivity contribution in [3.8, 4) is 0 Å². The Bertz CT molecular complexity index is 415. The number of carbonyl (C=O) groups is 3. The van der Waals surface area contributed by atoms with Crippen LogP contribution in [-0.2, 0) is 9.59 Å². The second-order valence-electron chi connectivity index (χ2n) is 3.34. The fraction of sp³-hybridized carbons (Fsp3) is 0.333. The Morgan fingerprint density at radius 2 is 2.24 bits per heavy atom. The van der Waals surface area contributed by atoms with Crippen molar-refractivity contribution in [3.05, 3.63) is 18.0 Å². The molecule has 8 heteroatoms. The Morgan fingerprint density at radius 1 is 1.53 bits per heavy atom. The number of primary amides is 1. The van der Waals surface area contributed by atoms with Gasteiger partial charge in [-0.25, -0.2) is 4.79 Å². The number of aliphatic carboxylic acids is 1. The van der Waals surface area contributed by atoms with Gasteiger partial charge in [0.15, 0.2) is 0 Å². The minimum atomic E-state index is -1.22. The zero-order chi connectivity index (χ0) is 12.8. The summed E-state index contributed by atoms with van der Waals surface area (Å²) in [6.45, 7) is 0. The van der Waals surface area contributed by atoms with Crippen LogP contribution in [0.5, 0.6) is 0 Å². The van der Waals surface area contributed by atoms with Crippen molar-refractivity contribution in [3.63, 3.8) is 0 Å². The molecule has 1 aromatic heterocycles. The smallest absolute Gasteiger partial charge is 0.326 e. The highest BCUT2D eigenvalue weighted by molar-refractivity contribution is 5.94. The highest BCUT2D eigenvalue weighted by atomic mass is 16.4. The van der Waals surface area contributed by atoms with Crippen LogP contribution in [0.15, 0.2) is 12.3 Å². The molecule has 0 spiro atoms. The first-order valence-corrected chi connectivity index (χ1v) is 4.82. The first kappa shape index (κ1) is 12.7. The summed E-state index contributed by atoms with van der Waals surface area (Å²) in [5.41, 5.74) is 5.05. The number of rotatable bonds is 6. The molecule has 2 amide bonds. The third-order valence-electron chi connectivity index (χ3n) is 2.03. The summed E-state index contributed by atoms with van der Waals surface area (Å²) in [5.74, 6) is -2.44. The molecule has 1 rings (SSSR count). The van der Waals surface area contributed by atoms with Gasteiger partial charge in [0.1, 0.15) is 11.7 Å². The van der Waals surface area contributed by atoms with Crippen molar-refractivity contribution in [2.45, 2.75) is 18.9 Å². The van der Waals surface area contributed by atoms with Gasteiger partial charge >= 0.3 is 5.97 Å². The van der Waals surface area contributed by atoms with E-state index in [1.165, 1.54) is 12.3 Å². The number of carboxylic acids is 1. The van der Waals surface area contributed by atoms with Crippen LogP contribution in [0.3, 0.4) is 0 Å². The van der Waals surface area contributed by atoms with E-state index in [-0.39, 0.29) is 18.5 Å². The molecule has 92 valence electrons. The van der Waals surface area contributed by atoms with E-state index in [0.717, 1.165) is 0 Å². The summed E-state index contributed by atoms with van der Waals surface area (Å²) < 4.78 is 0. The van der Waals surface area contributed by atoms with Crippen LogP contribution in [0.1, 0.15) is 23.3 Å². The van der Waals surface area contributed by atoms with Crippen LogP contribution in [-0.4, -0.2) is 39.1 Å². The van der Waals surface area contributed by atoms with Crippen LogP contribution in [0.25, 0.3) is 0 Å². The first-order chi connectivity index (χ1) is 8.00. The quantitative estimate of drug-likeness (QED) is 0.497. The lowest BCUT2D eigenvalue weighted by atomic mass is 10.1. The van der Waals surface area contributed by atoms with Gasteiger partial charge < -0.3 is 16.2 Å². The van der Waals surface area contributed by atoms with Gasteiger partial charge in [-0.1, -0.05) is 0 Å². The highest BCUT2D eigenvalue weighted by Crippen LogP contribution is 2.00. The SMILES string of the molecule is NC(=O)CC[C@@H](NC(=O)c1ccn[nH]1)C(=O)O. The molecule has 0 unspecified atom stereocenters. The molecule has 0 saturated carbocycles. The van der Waals surface area contributed by atoms with Crippen LogP contribution in [0.4, 0.5) is 0 Å². The summed E-state index contributed by atoms with van der Waals surface area (Å²) in [4.78, 5) is 32.9. The van der Waals surface area contributed by atoms with Crippen molar-refractivity contribution < 1.29 is 19.5 Å². The maximum Gasteiger partial charge on any atom is 0.326 e. The van der Waals surface area contributed by atoms with Gasteiger partial charge in [0.05, 0.1) is 0 Å².